The molecular formula is C10H8N6S. The summed E-state index contributed by atoms with van der Waals surface area (Å²) in [5.74, 6) is 0.488. The van der Waals surface area contributed by atoms with E-state index in [0.29, 0.717) is 11.4 Å². The van der Waals surface area contributed by atoms with Crippen LogP contribution in [0.5, 0.6) is 0 Å². The fourth-order valence-corrected chi connectivity index (χ4v) is 2.39. The molecular weight excluding hydrogens is 236 g/mol. The molecule has 0 saturated heterocycles. The minimum absolute atomic E-state index is 0.158. The molecule has 6 nitrogen and oxygen atoms in total. The van der Waals surface area contributed by atoms with E-state index >= 15 is 0 Å². The number of fused-ring (bicyclic) bond motifs is 1. The highest BCUT2D eigenvalue weighted by Crippen LogP contribution is 2.31. The molecule has 0 spiro atoms. The molecule has 17 heavy (non-hydrogen) atoms. The van der Waals surface area contributed by atoms with Gasteiger partial charge in [0.2, 0.25) is 5.95 Å². The number of nitrogens with two attached hydrogens (primary N) is 2. The molecule has 0 fully saturated rings. The monoisotopic (exact) mass is 244 g/mol. The average Bonchev–Trinajstić information content (AvgIpc) is 2.72. The highest BCUT2D eigenvalue weighted by Gasteiger charge is 2.11. The molecule has 3 aromatic rings. The highest BCUT2D eigenvalue weighted by atomic mass is 32.1. The number of nitrogens with zero attached hydrogens (tertiary/aromatic N) is 4. The second-order valence-electron chi connectivity index (χ2n) is 3.37. The summed E-state index contributed by atoms with van der Waals surface area (Å²) in [6.45, 7) is 0. The first-order chi connectivity index (χ1) is 8.24. The van der Waals surface area contributed by atoms with Crippen LogP contribution in [0.3, 0.4) is 0 Å². The minimum atomic E-state index is 0.158. The van der Waals surface area contributed by atoms with Crippen LogP contribution < -0.4 is 11.5 Å². The Bertz CT molecular complexity index is 659. The van der Waals surface area contributed by atoms with Gasteiger partial charge in [0.1, 0.15) is 21.2 Å². The van der Waals surface area contributed by atoms with E-state index in [0.717, 1.165) is 15.4 Å². The standard InChI is InChI=1S/C10H8N6S/c11-7-5(4-14-10(12)16-7)8-15-6-2-1-3-13-9(6)17-8/h1-4H,(H4,11,12,14,16). The zero-order valence-electron chi connectivity index (χ0n) is 8.66. The van der Waals surface area contributed by atoms with Crippen molar-refractivity contribution in [1.29, 1.82) is 0 Å². The van der Waals surface area contributed by atoms with E-state index in [2.05, 4.69) is 19.9 Å². The van der Waals surface area contributed by atoms with E-state index in [-0.39, 0.29) is 5.95 Å². The van der Waals surface area contributed by atoms with Gasteiger partial charge in [0.15, 0.2) is 0 Å². The maximum Gasteiger partial charge on any atom is 0.221 e. The zero-order valence-corrected chi connectivity index (χ0v) is 9.48. The molecule has 0 bridgehead atoms. The molecule has 0 radical (unpaired) electrons. The molecule has 7 heteroatoms. The molecule has 4 N–H and O–H groups in total. The van der Waals surface area contributed by atoms with Crippen LogP contribution in [0, 0.1) is 0 Å². The first-order valence-corrected chi connectivity index (χ1v) is 5.65. The SMILES string of the molecule is Nc1ncc(-c2nc3cccnc3s2)c(N)n1. The number of aromatic nitrogens is 4. The van der Waals surface area contributed by atoms with Crippen molar-refractivity contribution in [3.63, 3.8) is 0 Å². The molecule has 0 aromatic carbocycles. The predicted octanol–water partition coefficient (Wildman–Crippen LogP) is 1.31. The molecule has 0 amide bonds. The van der Waals surface area contributed by atoms with Gasteiger partial charge in [0.05, 0.1) is 5.56 Å². The Balaban J connectivity index is 2.20. The summed E-state index contributed by atoms with van der Waals surface area (Å²) in [4.78, 5) is 17.3. The van der Waals surface area contributed by atoms with Crippen LogP contribution in [0.15, 0.2) is 24.5 Å². The third-order valence-corrected chi connectivity index (χ3v) is 3.25. The number of nitrogen functional groups attached to an aromatic ring is 2. The second kappa shape index (κ2) is 3.63. The number of hydrogen-bond donors (Lipinski definition) is 2. The Morgan fingerprint density at radius 3 is 2.76 bits per heavy atom. The van der Waals surface area contributed by atoms with Gasteiger partial charge in [-0.15, -0.1) is 0 Å². The van der Waals surface area contributed by atoms with E-state index in [9.17, 15) is 0 Å². The Hall–Kier alpha value is -2.28. The number of hydrogen-bond acceptors (Lipinski definition) is 7. The molecule has 0 atom stereocenters. The Labute approximate surface area is 100 Å². The van der Waals surface area contributed by atoms with Gasteiger partial charge >= 0.3 is 0 Å². The van der Waals surface area contributed by atoms with Crippen molar-refractivity contribution >= 4 is 33.5 Å². The van der Waals surface area contributed by atoms with Crippen molar-refractivity contribution in [3.8, 4) is 10.6 Å². The summed E-state index contributed by atoms with van der Waals surface area (Å²) >= 11 is 1.45. The van der Waals surface area contributed by atoms with Crippen molar-refractivity contribution in [2.45, 2.75) is 0 Å². The Morgan fingerprint density at radius 2 is 2.00 bits per heavy atom. The summed E-state index contributed by atoms with van der Waals surface area (Å²) in [5.41, 5.74) is 12.8. The smallest absolute Gasteiger partial charge is 0.221 e. The summed E-state index contributed by atoms with van der Waals surface area (Å²) in [6, 6.07) is 3.74. The van der Waals surface area contributed by atoms with Crippen LogP contribution in [-0.2, 0) is 0 Å². The summed E-state index contributed by atoms with van der Waals surface area (Å²) < 4.78 is 0. The van der Waals surface area contributed by atoms with Gasteiger partial charge in [-0.05, 0) is 12.1 Å². The first-order valence-electron chi connectivity index (χ1n) is 4.84. The largest absolute Gasteiger partial charge is 0.383 e. The van der Waals surface area contributed by atoms with E-state index in [1.807, 2.05) is 12.1 Å². The fraction of sp³-hybridized carbons (Fsp3) is 0. The van der Waals surface area contributed by atoms with Crippen molar-refractivity contribution in [1.82, 2.24) is 19.9 Å². The van der Waals surface area contributed by atoms with Gasteiger partial charge in [0.25, 0.3) is 0 Å². The van der Waals surface area contributed by atoms with Gasteiger partial charge in [-0.1, -0.05) is 11.3 Å². The van der Waals surface area contributed by atoms with Crippen LogP contribution in [-0.4, -0.2) is 19.9 Å². The number of anilines is 2. The van der Waals surface area contributed by atoms with E-state index in [1.54, 1.807) is 12.4 Å². The number of rotatable bonds is 1. The maximum absolute atomic E-state index is 5.79. The molecule has 3 aromatic heterocycles. The summed E-state index contributed by atoms with van der Waals surface area (Å²) in [5, 5.41) is 0.746. The maximum atomic E-state index is 5.79. The van der Waals surface area contributed by atoms with Gasteiger partial charge in [0, 0.05) is 12.4 Å². The zero-order chi connectivity index (χ0) is 11.8. The molecule has 0 saturated carbocycles. The average molecular weight is 244 g/mol. The Morgan fingerprint density at radius 1 is 1.12 bits per heavy atom. The van der Waals surface area contributed by atoms with Crippen molar-refractivity contribution in [2.75, 3.05) is 11.5 Å². The summed E-state index contributed by atoms with van der Waals surface area (Å²) in [6.07, 6.45) is 3.31. The molecule has 0 aliphatic carbocycles. The van der Waals surface area contributed by atoms with E-state index < -0.39 is 0 Å². The predicted molar refractivity (Wildman–Crippen MR) is 67.3 cm³/mol. The molecule has 3 rings (SSSR count). The number of thiazole rings is 1. The van der Waals surface area contributed by atoms with Crippen LogP contribution in [0.4, 0.5) is 11.8 Å². The van der Waals surface area contributed by atoms with Crippen molar-refractivity contribution in [2.24, 2.45) is 0 Å². The minimum Gasteiger partial charge on any atom is -0.383 e. The van der Waals surface area contributed by atoms with Crippen molar-refractivity contribution in [3.05, 3.63) is 24.5 Å². The summed E-state index contributed by atoms with van der Waals surface area (Å²) in [7, 11) is 0. The number of pyridine rings is 1. The quantitative estimate of drug-likeness (QED) is 0.669. The topological polar surface area (TPSA) is 104 Å². The lowest BCUT2D eigenvalue weighted by atomic mass is 10.3. The lowest BCUT2D eigenvalue weighted by Crippen LogP contribution is -2.00. The Kier molecular flexibility index (Phi) is 2.12. The molecule has 0 aliphatic heterocycles. The van der Waals surface area contributed by atoms with Crippen LogP contribution >= 0.6 is 11.3 Å². The van der Waals surface area contributed by atoms with Crippen LogP contribution in [0.1, 0.15) is 0 Å². The molecule has 84 valence electrons. The van der Waals surface area contributed by atoms with Gasteiger partial charge in [-0.25, -0.2) is 15.0 Å². The first kappa shape index (κ1) is 9.91. The molecule has 0 aliphatic rings. The van der Waals surface area contributed by atoms with Crippen LogP contribution in [0.2, 0.25) is 0 Å². The lowest BCUT2D eigenvalue weighted by Gasteiger charge is -2.00. The second-order valence-corrected chi connectivity index (χ2v) is 4.35. The molecule has 3 heterocycles. The van der Waals surface area contributed by atoms with Gasteiger partial charge in [-0.2, -0.15) is 4.98 Å². The third kappa shape index (κ3) is 1.66. The lowest BCUT2D eigenvalue weighted by molar-refractivity contribution is 1.19. The normalized spacial score (nSPS) is 10.8. The highest BCUT2D eigenvalue weighted by molar-refractivity contribution is 7.21. The van der Waals surface area contributed by atoms with E-state index in [1.165, 1.54) is 11.3 Å². The fourth-order valence-electron chi connectivity index (χ4n) is 1.46. The van der Waals surface area contributed by atoms with Crippen LogP contribution in [0.25, 0.3) is 20.9 Å². The van der Waals surface area contributed by atoms with Crippen molar-refractivity contribution < 1.29 is 0 Å². The van der Waals surface area contributed by atoms with E-state index in [4.69, 9.17) is 11.5 Å². The molecule has 0 unspecified atom stereocenters. The van der Waals surface area contributed by atoms with Gasteiger partial charge in [-0.3, -0.25) is 0 Å². The third-order valence-electron chi connectivity index (χ3n) is 2.23. The van der Waals surface area contributed by atoms with Gasteiger partial charge < -0.3 is 11.5 Å².